The fraction of sp³-hybridized carbons (Fsp3) is 0.588. The van der Waals surface area contributed by atoms with E-state index in [1.807, 2.05) is 23.1 Å². The molecular formula is C17H23NO4. The molecule has 2 aliphatic heterocycles. The van der Waals surface area contributed by atoms with Crippen molar-refractivity contribution in [1.82, 2.24) is 4.90 Å². The summed E-state index contributed by atoms with van der Waals surface area (Å²) >= 11 is 0. The van der Waals surface area contributed by atoms with Crippen LogP contribution in [0.2, 0.25) is 0 Å². The molecule has 0 spiro atoms. The van der Waals surface area contributed by atoms with E-state index in [1.165, 1.54) is 5.56 Å². The number of carbonyl (C=O) groups excluding carboxylic acids is 1. The van der Waals surface area contributed by atoms with E-state index in [1.54, 1.807) is 0 Å². The number of aryl methyl sites for hydroxylation is 1. The van der Waals surface area contributed by atoms with Crippen molar-refractivity contribution in [3.63, 3.8) is 0 Å². The van der Waals surface area contributed by atoms with Gasteiger partial charge in [0.25, 0.3) is 0 Å². The summed E-state index contributed by atoms with van der Waals surface area (Å²) in [6, 6.07) is 8.07. The monoisotopic (exact) mass is 305 g/mol. The quantitative estimate of drug-likeness (QED) is 0.781. The van der Waals surface area contributed by atoms with Crippen LogP contribution in [-0.2, 0) is 20.7 Å². The van der Waals surface area contributed by atoms with E-state index >= 15 is 0 Å². The molecule has 5 heteroatoms. The summed E-state index contributed by atoms with van der Waals surface area (Å²) in [7, 11) is 0. The molecule has 120 valence electrons. The third-order valence-corrected chi connectivity index (χ3v) is 4.08. The molecule has 5 nitrogen and oxygen atoms in total. The molecule has 1 unspecified atom stereocenters. The molecule has 22 heavy (non-hydrogen) atoms. The lowest BCUT2D eigenvalue weighted by molar-refractivity contribution is -0.136. The molecule has 2 aliphatic rings. The average molecular weight is 305 g/mol. The first-order valence-electron chi connectivity index (χ1n) is 8.04. The number of nitrogens with zero attached hydrogens (tertiary/aromatic N) is 1. The highest BCUT2D eigenvalue weighted by Gasteiger charge is 2.20. The van der Waals surface area contributed by atoms with Crippen molar-refractivity contribution >= 4 is 5.91 Å². The van der Waals surface area contributed by atoms with Crippen LogP contribution in [0.3, 0.4) is 0 Å². The number of amides is 1. The molecular weight excluding hydrogens is 282 g/mol. The zero-order valence-corrected chi connectivity index (χ0v) is 12.8. The number of hydrogen-bond acceptors (Lipinski definition) is 4. The van der Waals surface area contributed by atoms with E-state index in [0.717, 1.165) is 25.0 Å². The number of fused-ring (bicyclic) bond motifs is 1. The minimum atomic E-state index is -0.187. The van der Waals surface area contributed by atoms with Gasteiger partial charge in [0, 0.05) is 25.9 Å². The van der Waals surface area contributed by atoms with Gasteiger partial charge in [0.1, 0.15) is 5.75 Å². The number of ether oxygens (including phenoxy) is 3. The molecule has 2 heterocycles. The molecule has 1 aromatic carbocycles. The van der Waals surface area contributed by atoms with Gasteiger partial charge < -0.3 is 19.1 Å². The van der Waals surface area contributed by atoms with Gasteiger partial charge in [-0.05, 0) is 24.5 Å². The summed E-state index contributed by atoms with van der Waals surface area (Å²) in [5, 5.41) is 0. The molecule has 0 radical (unpaired) electrons. The zero-order chi connectivity index (χ0) is 15.2. The van der Waals surface area contributed by atoms with Crippen molar-refractivity contribution in [2.24, 2.45) is 0 Å². The SMILES string of the molecule is O=C(CCCOC1CCc2ccccc2O1)N1CCOCC1. The first kappa shape index (κ1) is 15.3. The van der Waals surface area contributed by atoms with Gasteiger partial charge in [0.15, 0.2) is 6.29 Å². The molecule has 1 saturated heterocycles. The molecule has 0 aliphatic carbocycles. The minimum absolute atomic E-state index is 0.187. The third kappa shape index (κ3) is 3.99. The predicted octanol–water partition coefficient (Wildman–Crippen LogP) is 1.99. The summed E-state index contributed by atoms with van der Waals surface area (Å²) in [6.45, 7) is 3.28. The smallest absolute Gasteiger partial charge is 0.222 e. The fourth-order valence-electron chi connectivity index (χ4n) is 2.83. The Bertz CT molecular complexity index is 499. The first-order valence-corrected chi connectivity index (χ1v) is 8.04. The lowest BCUT2D eigenvalue weighted by Crippen LogP contribution is -2.40. The molecule has 0 aromatic heterocycles. The van der Waals surface area contributed by atoms with Gasteiger partial charge in [-0.15, -0.1) is 0 Å². The average Bonchev–Trinajstić information content (AvgIpc) is 2.59. The van der Waals surface area contributed by atoms with Crippen LogP contribution >= 0.6 is 0 Å². The Kier molecular flexibility index (Phi) is 5.29. The van der Waals surface area contributed by atoms with Crippen LogP contribution in [0.1, 0.15) is 24.8 Å². The highest BCUT2D eigenvalue weighted by Crippen LogP contribution is 2.27. The summed E-state index contributed by atoms with van der Waals surface area (Å²) in [4.78, 5) is 13.9. The van der Waals surface area contributed by atoms with Gasteiger partial charge in [-0.3, -0.25) is 4.79 Å². The van der Waals surface area contributed by atoms with Crippen LogP contribution in [-0.4, -0.2) is 50.0 Å². The zero-order valence-electron chi connectivity index (χ0n) is 12.8. The third-order valence-electron chi connectivity index (χ3n) is 4.08. The largest absolute Gasteiger partial charge is 0.465 e. The van der Waals surface area contributed by atoms with E-state index in [4.69, 9.17) is 14.2 Å². The molecule has 1 aromatic rings. The van der Waals surface area contributed by atoms with Crippen molar-refractivity contribution in [2.45, 2.75) is 32.0 Å². The fourth-order valence-corrected chi connectivity index (χ4v) is 2.83. The lowest BCUT2D eigenvalue weighted by Gasteiger charge is -2.27. The van der Waals surface area contributed by atoms with Gasteiger partial charge in [0.2, 0.25) is 5.91 Å². The maximum absolute atomic E-state index is 12.0. The molecule has 1 atom stereocenters. The molecule has 1 fully saturated rings. The Balaban J connectivity index is 1.35. The van der Waals surface area contributed by atoms with Gasteiger partial charge in [0.05, 0.1) is 19.8 Å². The summed E-state index contributed by atoms with van der Waals surface area (Å²) in [5.74, 6) is 1.12. The lowest BCUT2D eigenvalue weighted by atomic mass is 10.1. The van der Waals surface area contributed by atoms with E-state index < -0.39 is 0 Å². The number of para-hydroxylation sites is 1. The maximum atomic E-state index is 12.0. The van der Waals surface area contributed by atoms with Crippen molar-refractivity contribution in [3.8, 4) is 5.75 Å². The topological polar surface area (TPSA) is 48.0 Å². The van der Waals surface area contributed by atoms with E-state index in [-0.39, 0.29) is 12.2 Å². The Hall–Kier alpha value is -1.59. The van der Waals surface area contributed by atoms with Crippen LogP contribution in [0.5, 0.6) is 5.75 Å². The van der Waals surface area contributed by atoms with Gasteiger partial charge in [-0.25, -0.2) is 0 Å². The summed E-state index contributed by atoms with van der Waals surface area (Å²) in [6.07, 6.45) is 2.93. The van der Waals surface area contributed by atoms with Crippen molar-refractivity contribution in [3.05, 3.63) is 29.8 Å². The standard InChI is InChI=1S/C17H23NO4/c19-16(18-9-12-20-13-10-18)6-3-11-21-17-8-7-14-4-1-2-5-15(14)22-17/h1-2,4-5,17H,3,6-13H2. The Morgan fingerprint density at radius 1 is 1.27 bits per heavy atom. The highest BCUT2D eigenvalue weighted by atomic mass is 16.7. The molecule has 1 amide bonds. The van der Waals surface area contributed by atoms with Crippen molar-refractivity contribution in [2.75, 3.05) is 32.9 Å². The Labute approximate surface area is 131 Å². The number of hydrogen-bond donors (Lipinski definition) is 0. The van der Waals surface area contributed by atoms with Crippen molar-refractivity contribution < 1.29 is 19.0 Å². The maximum Gasteiger partial charge on any atom is 0.222 e. The van der Waals surface area contributed by atoms with E-state index in [2.05, 4.69) is 6.07 Å². The first-order chi connectivity index (χ1) is 10.8. The number of benzene rings is 1. The molecule has 0 N–H and O–H groups in total. The Morgan fingerprint density at radius 2 is 2.09 bits per heavy atom. The van der Waals surface area contributed by atoms with Crippen LogP contribution in [0.4, 0.5) is 0 Å². The molecule has 3 rings (SSSR count). The Morgan fingerprint density at radius 3 is 2.95 bits per heavy atom. The van der Waals surface area contributed by atoms with Crippen LogP contribution in [0.25, 0.3) is 0 Å². The second-order valence-electron chi connectivity index (χ2n) is 5.66. The summed E-state index contributed by atoms with van der Waals surface area (Å²) in [5.41, 5.74) is 1.24. The molecule has 0 saturated carbocycles. The second-order valence-corrected chi connectivity index (χ2v) is 5.66. The van der Waals surface area contributed by atoms with Crippen LogP contribution < -0.4 is 4.74 Å². The minimum Gasteiger partial charge on any atom is -0.465 e. The number of morpholine rings is 1. The number of carbonyl (C=O) groups is 1. The van der Waals surface area contributed by atoms with Crippen LogP contribution in [0, 0.1) is 0 Å². The van der Waals surface area contributed by atoms with Gasteiger partial charge in [-0.2, -0.15) is 0 Å². The highest BCUT2D eigenvalue weighted by molar-refractivity contribution is 5.76. The summed E-state index contributed by atoms with van der Waals surface area (Å²) < 4.78 is 16.8. The second kappa shape index (κ2) is 7.61. The number of rotatable bonds is 5. The van der Waals surface area contributed by atoms with E-state index in [9.17, 15) is 4.79 Å². The normalized spacial score (nSPS) is 21.1. The van der Waals surface area contributed by atoms with Gasteiger partial charge in [-0.1, -0.05) is 18.2 Å². The van der Waals surface area contributed by atoms with E-state index in [0.29, 0.717) is 39.3 Å². The molecule has 0 bridgehead atoms. The van der Waals surface area contributed by atoms with Crippen LogP contribution in [0.15, 0.2) is 24.3 Å². The van der Waals surface area contributed by atoms with Crippen molar-refractivity contribution in [1.29, 1.82) is 0 Å². The predicted molar refractivity (Wildman–Crippen MR) is 81.8 cm³/mol. The van der Waals surface area contributed by atoms with Gasteiger partial charge >= 0.3 is 0 Å².